The van der Waals surface area contributed by atoms with Crippen molar-refractivity contribution in [1.82, 2.24) is 20.2 Å². The van der Waals surface area contributed by atoms with Gasteiger partial charge in [-0.25, -0.2) is 0 Å². The molecule has 1 atom stereocenters. The van der Waals surface area contributed by atoms with E-state index in [1.54, 1.807) is 4.90 Å². The fraction of sp³-hybridized carbons (Fsp3) is 0.483. The van der Waals surface area contributed by atoms with Gasteiger partial charge in [0, 0.05) is 25.0 Å². The van der Waals surface area contributed by atoms with Gasteiger partial charge in [0.2, 0.25) is 0 Å². The summed E-state index contributed by atoms with van der Waals surface area (Å²) in [6.45, 7) is 1.18. The zero-order valence-electron chi connectivity index (χ0n) is 23.8. The number of hydrogen-bond acceptors (Lipinski definition) is 5. The van der Waals surface area contributed by atoms with E-state index < -0.39 is 47.8 Å². The summed E-state index contributed by atoms with van der Waals surface area (Å²) >= 11 is 0. The van der Waals surface area contributed by atoms with Gasteiger partial charge in [0.25, 0.3) is 5.95 Å². The quantitative estimate of drug-likeness (QED) is 0.265. The minimum absolute atomic E-state index is 0.0474. The highest BCUT2D eigenvalue weighted by atomic mass is 19.4. The molecule has 0 unspecified atom stereocenters. The number of hydrogen-bond donors (Lipinski definition) is 0. The van der Waals surface area contributed by atoms with Crippen molar-refractivity contribution in [2.75, 3.05) is 16.3 Å². The lowest BCUT2D eigenvalue weighted by atomic mass is 9.94. The van der Waals surface area contributed by atoms with Gasteiger partial charge in [0.1, 0.15) is 0 Å². The number of nitrogens with zero attached hydrogens (tertiary/aromatic N) is 6. The maximum atomic E-state index is 14.1. The predicted molar refractivity (Wildman–Crippen MR) is 143 cm³/mol. The van der Waals surface area contributed by atoms with Gasteiger partial charge in [-0.3, -0.25) is 0 Å². The number of aromatic nitrogens is 4. The maximum absolute atomic E-state index is 14.1. The molecule has 2 heterocycles. The number of allylic oxidation sites excluding steroid dienone is 1. The van der Waals surface area contributed by atoms with Crippen LogP contribution in [0.2, 0.25) is 0 Å². The Kier molecular flexibility index (Phi) is 8.35. The van der Waals surface area contributed by atoms with Crippen LogP contribution in [-0.4, -0.2) is 26.8 Å². The summed E-state index contributed by atoms with van der Waals surface area (Å²) < 4.78 is 124. The van der Waals surface area contributed by atoms with Gasteiger partial charge >= 0.3 is 18.5 Å². The number of aryl methyl sites for hydroxylation is 2. The van der Waals surface area contributed by atoms with E-state index in [9.17, 15) is 39.5 Å². The summed E-state index contributed by atoms with van der Waals surface area (Å²) in [6.07, 6.45) is -8.54. The fourth-order valence-electron chi connectivity index (χ4n) is 5.92. The van der Waals surface area contributed by atoms with Crippen LogP contribution in [0.25, 0.3) is 0 Å². The molecule has 1 aliphatic carbocycles. The number of fused-ring (bicyclic) bond motifs is 1. The van der Waals surface area contributed by atoms with Crippen molar-refractivity contribution in [3.63, 3.8) is 0 Å². The van der Waals surface area contributed by atoms with Crippen LogP contribution in [0.15, 0.2) is 42.1 Å². The smallest absolute Gasteiger partial charge is 0.348 e. The third kappa shape index (κ3) is 6.80. The van der Waals surface area contributed by atoms with Gasteiger partial charge in [-0.2, -0.15) is 44.3 Å². The first-order chi connectivity index (χ1) is 20.5. The minimum Gasteiger partial charge on any atom is -0.348 e. The van der Waals surface area contributed by atoms with E-state index >= 15 is 0 Å². The van der Waals surface area contributed by atoms with Crippen molar-refractivity contribution in [3.8, 4) is 0 Å². The Morgan fingerprint density at radius 1 is 0.864 bits per heavy atom. The Labute approximate surface area is 247 Å². The zero-order chi connectivity index (χ0) is 32.0. The monoisotopic (exact) mass is 632 g/mol. The molecular weight excluding hydrogens is 603 g/mol. The average molecular weight is 633 g/mol. The highest BCUT2D eigenvalue weighted by Crippen LogP contribution is 2.45. The molecule has 1 saturated carbocycles. The van der Waals surface area contributed by atoms with Crippen molar-refractivity contribution in [1.29, 1.82) is 0 Å². The lowest BCUT2D eigenvalue weighted by molar-refractivity contribution is -0.143. The molecule has 0 amide bonds. The second kappa shape index (κ2) is 11.6. The first-order valence-electron chi connectivity index (χ1n) is 14.0. The van der Waals surface area contributed by atoms with Crippen LogP contribution in [0.1, 0.15) is 77.9 Å². The molecule has 44 heavy (non-hydrogen) atoms. The fourth-order valence-corrected chi connectivity index (χ4v) is 5.92. The Balaban J connectivity index is 1.67. The number of alkyl halides is 9. The van der Waals surface area contributed by atoms with Crippen molar-refractivity contribution in [2.24, 2.45) is 7.05 Å². The summed E-state index contributed by atoms with van der Waals surface area (Å²) in [6, 6.07) is 2.97. The average Bonchev–Trinajstić information content (AvgIpc) is 3.55. The van der Waals surface area contributed by atoms with Gasteiger partial charge in [0.05, 0.1) is 29.8 Å². The Hall–Kier alpha value is -3.78. The second-order valence-corrected chi connectivity index (χ2v) is 11.2. The van der Waals surface area contributed by atoms with E-state index in [2.05, 4.69) is 15.4 Å². The summed E-state index contributed by atoms with van der Waals surface area (Å²) in [5.74, 6) is -0.0884. The normalized spacial score (nSPS) is 17.9. The summed E-state index contributed by atoms with van der Waals surface area (Å²) in [5.41, 5.74) is -2.38. The van der Waals surface area contributed by atoms with Gasteiger partial charge in [-0.1, -0.05) is 16.7 Å². The molecule has 1 fully saturated rings. The molecule has 238 valence electrons. The lowest BCUT2D eigenvalue weighted by Gasteiger charge is -2.33. The van der Waals surface area contributed by atoms with Gasteiger partial charge < -0.3 is 9.80 Å². The molecule has 6 nitrogen and oxygen atoms in total. The zero-order valence-corrected chi connectivity index (χ0v) is 23.8. The van der Waals surface area contributed by atoms with E-state index in [-0.39, 0.29) is 28.8 Å². The molecule has 2 aromatic carbocycles. The first-order valence-corrected chi connectivity index (χ1v) is 14.0. The predicted octanol–water partition coefficient (Wildman–Crippen LogP) is 8.38. The number of halogens is 9. The molecule has 0 N–H and O–H groups in total. The first kappa shape index (κ1) is 31.6. The molecule has 1 aromatic heterocycles. The lowest BCUT2D eigenvalue weighted by Crippen LogP contribution is -2.30. The highest BCUT2D eigenvalue weighted by Gasteiger charge is 2.39. The SMILES string of the molecule is Cc1cc2c(cc1C(F)(F)F)N(C=C1CCCC1)CCC[C@@H]2N(Cc1cc(C(F)(F)F)cc(C(F)(F)F)c1)c1nnn(C)n1. The molecule has 15 heteroatoms. The minimum atomic E-state index is -5.06. The summed E-state index contributed by atoms with van der Waals surface area (Å²) in [5, 5.41) is 12.0. The Bertz CT molecular complexity index is 1500. The molecule has 0 saturated heterocycles. The Morgan fingerprint density at radius 2 is 1.50 bits per heavy atom. The summed E-state index contributed by atoms with van der Waals surface area (Å²) in [4.78, 5) is 4.28. The second-order valence-electron chi connectivity index (χ2n) is 11.2. The Morgan fingerprint density at radius 3 is 2.05 bits per heavy atom. The van der Waals surface area contributed by atoms with Crippen molar-refractivity contribution < 1.29 is 39.5 Å². The molecular formula is C29H29F9N6. The number of benzene rings is 2. The third-order valence-corrected chi connectivity index (χ3v) is 7.94. The molecule has 3 aromatic rings. The van der Waals surface area contributed by atoms with E-state index in [0.717, 1.165) is 42.1 Å². The number of anilines is 2. The van der Waals surface area contributed by atoms with E-state index in [0.29, 0.717) is 37.1 Å². The molecule has 1 aliphatic heterocycles. The standard InChI is InChI=1S/C29H29F9N6/c1-17-10-22-24(8-5-9-43(15-18-6-3-4-7-18)25(22)14-23(17)29(36,37)38)44(26-39-41-42(2)40-26)16-19-11-20(27(30,31)32)13-21(12-19)28(33,34)35/h10-15,24H,3-9,16H2,1-2H3/t24-/m0/s1. The summed E-state index contributed by atoms with van der Waals surface area (Å²) in [7, 11) is 1.44. The van der Waals surface area contributed by atoms with Gasteiger partial charge in [-0.15, -0.1) is 5.10 Å². The molecule has 0 spiro atoms. The van der Waals surface area contributed by atoms with Crippen LogP contribution in [0.5, 0.6) is 0 Å². The van der Waals surface area contributed by atoms with Crippen LogP contribution in [-0.2, 0) is 32.1 Å². The van der Waals surface area contributed by atoms with Crippen LogP contribution >= 0.6 is 0 Å². The molecule has 2 aliphatic rings. The van der Waals surface area contributed by atoms with Crippen molar-refractivity contribution in [2.45, 2.75) is 76.6 Å². The third-order valence-electron chi connectivity index (χ3n) is 7.94. The molecule has 0 bridgehead atoms. The number of tetrazole rings is 1. The van der Waals surface area contributed by atoms with Gasteiger partial charge in [0.15, 0.2) is 0 Å². The topological polar surface area (TPSA) is 50.1 Å². The molecule has 5 rings (SSSR count). The van der Waals surface area contributed by atoms with Crippen LogP contribution < -0.4 is 9.80 Å². The largest absolute Gasteiger partial charge is 0.416 e. The van der Waals surface area contributed by atoms with E-state index in [1.807, 2.05) is 6.20 Å². The van der Waals surface area contributed by atoms with E-state index in [4.69, 9.17) is 0 Å². The number of rotatable bonds is 5. The molecule has 0 radical (unpaired) electrons. The van der Waals surface area contributed by atoms with Crippen molar-refractivity contribution >= 4 is 11.6 Å². The maximum Gasteiger partial charge on any atom is 0.416 e. The van der Waals surface area contributed by atoms with Crippen molar-refractivity contribution in [3.05, 3.63) is 75.5 Å². The van der Waals surface area contributed by atoms with Gasteiger partial charge in [-0.05, 0) is 91.6 Å². The van der Waals surface area contributed by atoms with E-state index in [1.165, 1.54) is 24.9 Å². The van der Waals surface area contributed by atoms with Crippen LogP contribution in [0, 0.1) is 6.92 Å². The van der Waals surface area contributed by atoms with Crippen LogP contribution in [0.3, 0.4) is 0 Å². The van der Waals surface area contributed by atoms with Crippen LogP contribution in [0.4, 0.5) is 51.1 Å². The highest BCUT2D eigenvalue weighted by molar-refractivity contribution is 5.63.